The number of hydrogen-bond donors (Lipinski definition) is 1. The molecule has 1 saturated carbocycles. The molecule has 0 bridgehead atoms. The predicted molar refractivity (Wildman–Crippen MR) is 100 cm³/mol. The normalized spacial score (nSPS) is 15.7. The van der Waals surface area contributed by atoms with Gasteiger partial charge >= 0.3 is 12.1 Å². The van der Waals surface area contributed by atoms with Gasteiger partial charge in [0.2, 0.25) is 0 Å². The van der Waals surface area contributed by atoms with Crippen LogP contribution >= 0.6 is 11.8 Å². The van der Waals surface area contributed by atoms with Crippen LogP contribution in [0.3, 0.4) is 0 Å². The maximum absolute atomic E-state index is 13.3. The van der Waals surface area contributed by atoms with Gasteiger partial charge in [-0.05, 0) is 43.5 Å². The molecule has 5 nitrogen and oxygen atoms in total. The molecule has 0 aromatic carbocycles. The number of hydrogen-bond acceptors (Lipinski definition) is 4. The summed E-state index contributed by atoms with van der Waals surface area (Å²) >= 11 is 1.20. The van der Waals surface area contributed by atoms with E-state index >= 15 is 0 Å². The second kappa shape index (κ2) is 6.81. The lowest BCUT2D eigenvalue weighted by Gasteiger charge is -2.37. The zero-order valence-electron chi connectivity index (χ0n) is 14.9. The summed E-state index contributed by atoms with van der Waals surface area (Å²) in [5, 5.41) is 18.9. The first kappa shape index (κ1) is 19.3. The molecule has 1 N–H and O–H groups in total. The van der Waals surface area contributed by atoms with Crippen LogP contribution in [0.15, 0.2) is 47.8 Å². The SMILES string of the molecule is N#Cc1ccc(-c2cnccc2SC2(C(=O)O)CCC2)n2cc(C(F)(F)F)cc12. The third kappa shape index (κ3) is 3.23. The molecule has 3 aromatic rings. The number of pyridine rings is 2. The number of nitriles is 1. The lowest BCUT2D eigenvalue weighted by molar-refractivity contribution is -0.142. The van der Waals surface area contributed by atoms with Gasteiger partial charge in [0.1, 0.15) is 10.8 Å². The Morgan fingerprint density at radius 1 is 1.31 bits per heavy atom. The smallest absolute Gasteiger partial charge is 0.417 e. The van der Waals surface area contributed by atoms with E-state index in [9.17, 15) is 28.3 Å². The lowest BCUT2D eigenvalue weighted by Crippen LogP contribution is -2.41. The fourth-order valence-corrected chi connectivity index (χ4v) is 4.79. The van der Waals surface area contributed by atoms with Crippen LogP contribution in [0.4, 0.5) is 13.2 Å². The number of carbonyl (C=O) groups is 1. The van der Waals surface area contributed by atoms with Crippen molar-refractivity contribution in [3.8, 4) is 17.3 Å². The zero-order valence-corrected chi connectivity index (χ0v) is 15.7. The van der Waals surface area contributed by atoms with Gasteiger partial charge in [0.25, 0.3) is 0 Å². The van der Waals surface area contributed by atoms with Crippen molar-refractivity contribution in [2.24, 2.45) is 0 Å². The molecule has 1 aliphatic carbocycles. The number of alkyl halides is 3. The molecular weight excluding hydrogens is 403 g/mol. The van der Waals surface area contributed by atoms with Crippen LogP contribution in [-0.4, -0.2) is 25.2 Å². The number of thioether (sulfide) groups is 1. The van der Waals surface area contributed by atoms with Gasteiger partial charge in [0.05, 0.1) is 22.3 Å². The van der Waals surface area contributed by atoms with Crippen molar-refractivity contribution in [1.29, 1.82) is 5.26 Å². The fraction of sp³-hybridized carbons (Fsp3) is 0.250. The standard InChI is InChI=1S/C20H14F3N3O2S/c21-20(22,23)13-8-16-12(9-24)2-3-15(26(16)11-13)14-10-25-7-4-17(14)29-19(18(27)28)5-1-6-19/h2-4,7-8,10-11H,1,5-6H2,(H,27,28). The molecule has 0 amide bonds. The number of rotatable bonds is 4. The first-order chi connectivity index (χ1) is 13.7. The number of fused-ring (bicyclic) bond motifs is 1. The second-order valence-electron chi connectivity index (χ2n) is 6.85. The summed E-state index contributed by atoms with van der Waals surface area (Å²) in [4.78, 5) is 16.5. The summed E-state index contributed by atoms with van der Waals surface area (Å²) in [7, 11) is 0. The molecule has 148 valence electrons. The Hall–Kier alpha value is -2.99. The summed E-state index contributed by atoms with van der Waals surface area (Å²) < 4.78 is 40.2. The van der Waals surface area contributed by atoms with E-state index in [0.29, 0.717) is 29.0 Å². The van der Waals surface area contributed by atoms with Gasteiger partial charge in [-0.1, -0.05) is 0 Å². The molecule has 0 aliphatic heterocycles. The minimum absolute atomic E-state index is 0.114. The van der Waals surface area contributed by atoms with E-state index in [4.69, 9.17) is 0 Å². The van der Waals surface area contributed by atoms with Gasteiger partial charge in [0, 0.05) is 29.0 Å². The van der Waals surface area contributed by atoms with E-state index in [1.807, 2.05) is 6.07 Å². The van der Waals surface area contributed by atoms with Gasteiger partial charge in [0.15, 0.2) is 0 Å². The highest BCUT2D eigenvalue weighted by Gasteiger charge is 2.46. The maximum Gasteiger partial charge on any atom is 0.417 e. The Morgan fingerprint density at radius 3 is 2.66 bits per heavy atom. The molecule has 0 spiro atoms. The van der Waals surface area contributed by atoms with E-state index < -0.39 is 22.5 Å². The number of nitrogens with zero attached hydrogens (tertiary/aromatic N) is 3. The Labute approximate surface area is 167 Å². The van der Waals surface area contributed by atoms with Crippen molar-refractivity contribution in [3.05, 3.63) is 54.0 Å². The van der Waals surface area contributed by atoms with Crippen LogP contribution in [-0.2, 0) is 11.0 Å². The third-order valence-electron chi connectivity index (χ3n) is 5.12. The van der Waals surface area contributed by atoms with Crippen molar-refractivity contribution < 1.29 is 23.1 Å². The minimum atomic E-state index is -4.55. The highest BCUT2D eigenvalue weighted by atomic mass is 32.2. The van der Waals surface area contributed by atoms with Crippen molar-refractivity contribution in [2.45, 2.75) is 35.1 Å². The number of halogens is 3. The molecular formula is C20H14F3N3O2S. The monoisotopic (exact) mass is 417 g/mol. The van der Waals surface area contributed by atoms with Crippen molar-refractivity contribution >= 4 is 23.2 Å². The van der Waals surface area contributed by atoms with Gasteiger partial charge in [-0.15, -0.1) is 11.8 Å². The summed E-state index contributed by atoms with van der Waals surface area (Å²) in [5.41, 5.74) is 0.311. The number of carboxylic acid groups (broad SMARTS) is 1. The average molecular weight is 417 g/mol. The van der Waals surface area contributed by atoms with E-state index in [1.54, 1.807) is 12.1 Å². The highest BCUT2D eigenvalue weighted by molar-refractivity contribution is 8.01. The molecule has 1 aliphatic rings. The Kier molecular flexibility index (Phi) is 4.54. The van der Waals surface area contributed by atoms with Gasteiger partial charge in [-0.2, -0.15) is 18.4 Å². The molecule has 9 heteroatoms. The minimum Gasteiger partial charge on any atom is -0.480 e. The van der Waals surface area contributed by atoms with E-state index in [0.717, 1.165) is 18.7 Å². The average Bonchev–Trinajstić information content (AvgIpc) is 3.10. The predicted octanol–water partition coefficient (Wildman–Crippen LogP) is 4.99. The van der Waals surface area contributed by atoms with Crippen LogP contribution < -0.4 is 0 Å². The molecule has 29 heavy (non-hydrogen) atoms. The van der Waals surface area contributed by atoms with Gasteiger partial charge < -0.3 is 9.51 Å². The van der Waals surface area contributed by atoms with Gasteiger partial charge in [-0.25, -0.2) is 0 Å². The molecule has 0 atom stereocenters. The summed E-state index contributed by atoms with van der Waals surface area (Å²) in [6.45, 7) is 0. The summed E-state index contributed by atoms with van der Waals surface area (Å²) in [5.74, 6) is -0.901. The molecule has 3 heterocycles. The van der Waals surface area contributed by atoms with E-state index in [2.05, 4.69) is 4.98 Å². The van der Waals surface area contributed by atoms with Crippen molar-refractivity contribution in [3.63, 3.8) is 0 Å². The molecule has 3 aromatic heterocycles. The molecule has 0 unspecified atom stereocenters. The van der Waals surface area contributed by atoms with Crippen molar-refractivity contribution in [1.82, 2.24) is 9.38 Å². The van der Waals surface area contributed by atoms with E-state index in [1.165, 1.54) is 34.6 Å². The molecule has 4 rings (SSSR count). The maximum atomic E-state index is 13.3. The Balaban J connectivity index is 1.89. The summed E-state index contributed by atoms with van der Waals surface area (Å²) in [6, 6.07) is 7.54. The van der Waals surface area contributed by atoms with Crippen LogP contribution in [0, 0.1) is 11.3 Å². The Morgan fingerprint density at radius 2 is 2.07 bits per heavy atom. The lowest BCUT2D eigenvalue weighted by atomic mass is 9.84. The summed E-state index contributed by atoms with van der Waals surface area (Å²) in [6.07, 6.45) is 1.29. The number of aromatic nitrogens is 2. The topological polar surface area (TPSA) is 78.4 Å². The Bertz CT molecular complexity index is 1160. The van der Waals surface area contributed by atoms with Crippen LogP contribution in [0.5, 0.6) is 0 Å². The molecule has 1 fully saturated rings. The van der Waals surface area contributed by atoms with Crippen LogP contribution in [0.25, 0.3) is 16.8 Å². The van der Waals surface area contributed by atoms with Crippen molar-refractivity contribution in [2.75, 3.05) is 0 Å². The number of aliphatic carboxylic acids is 1. The van der Waals surface area contributed by atoms with Gasteiger partial charge in [-0.3, -0.25) is 9.78 Å². The largest absolute Gasteiger partial charge is 0.480 e. The first-order valence-electron chi connectivity index (χ1n) is 8.74. The molecule has 0 radical (unpaired) electrons. The second-order valence-corrected chi connectivity index (χ2v) is 8.28. The fourth-order valence-electron chi connectivity index (χ4n) is 3.40. The van der Waals surface area contributed by atoms with Crippen LogP contribution in [0.1, 0.15) is 30.4 Å². The molecule has 0 saturated heterocycles. The number of carboxylic acids is 1. The zero-order chi connectivity index (χ0) is 20.8. The first-order valence-corrected chi connectivity index (χ1v) is 9.56. The third-order valence-corrected chi connectivity index (χ3v) is 6.67. The van der Waals surface area contributed by atoms with Crippen LogP contribution in [0.2, 0.25) is 0 Å². The highest BCUT2D eigenvalue weighted by Crippen LogP contribution is 2.50. The quantitative estimate of drug-likeness (QED) is 0.647. The van der Waals surface area contributed by atoms with E-state index in [-0.39, 0.29) is 11.1 Å².